The number of carbonyl (C=O) groups is 1. The van der Waals surface area contributed by atoms with Gasteiger partial charge in [0.15, 0.2) is 0 Å². The van der Waals surface area contributed by atoms with Gasteiger partial charge in [0.05, 0.1) is 11.9 Å². The van der Waals surface area contributed by atoms with Crippen molar-refractivity contribution in [2.75, 3.05) is 31.5 Å². The summed E-state index contributed by atoms with van der Waals surface area (Å²) in [6.45, 7) is 5.00. The lowest BCUT2D eigenvalue weighted by Gasteiger charge is -2.27. The molecule has 9 heteroatoms. The quantitative estimate of drug-likeness (QED) is 0.223. The number of benzene rings is 2. The molecule has 5 aromatic rings. The van der Waals surface area contributed by atoms with Gasteiger partial charge in [0.25, 0.3) is 0 Å². The van der Waals surface area contributed by atoms with Crippen molar-refractivity contribution in [2.45, 2.75) is 38.8 Å². The number of hydrogen-bond acceptors (Lipinski definition) is 6. The summed E-state index contributed by atoms with van der Waals surface area (Å²) in [5.74, 6) is 0.649. The number of rotatable bonds is 7. The van der Waals surface area contributed by atoms with Crippen molar-refractivity contribution in [3.8, 4) is 0 Å². The van der Waals surface area contributed by atoms with Gasteiger partial charge in [0.2, 0.25) is 5.91 Å². The van der Waals surface area contributed by atoms with Gasteiger partial charge in [-0.25, -0.2) is 14.4 Å². The van der Waals surface area contributed by atoms with Crippen LogP contribution in [-0.2, 0) is 24.3 Å². The van der Waals surface area contributed by atoms with Gasteiger partial charge in [-0.15, -0.1) is 11.3 Å². The van der Waals surface area contributed by atoms with Gasteiger partial charge in [0.1, 0.15) is 22.8 Å². The molecule has 0 unspecified atom stereocenters. The maximum atomic E-state index is 13.7. The van der Waals surface area contributed by atoms with Gasteiger partial charge in [-0.1, -0.05) is 24.6 Å². The Kier molecular flexibility index (Phi) is 7.44. The Labute approximate surface area is 248 Å². The first-order chi connectivity index (χ1) is 20.6. The van der Waals surface area contributed by atoms with Gasteiger partial charge in [0, 0.05) is 53.4 Å². The topological polar surface area (TPSA) is 66.3 Å². The smallest absolute Gasteiger partial charge is 0.246 e. The van der Waals surface area contributed by atoms with Crippen molar-refractivity contribution in [1.29, 1.82) is 0 Å². The number of nitrogens with one attached hydrogen (secondary N) is 1. The van der Waals surface area contributed by atoms with E-state index in [2.05, 4.69) is 43.0 Å². The van der Waals surface area contributed by atoms with Crippen LogP contribution in [0.2, 0.25) is 0 Å². The van der Waals surface area contributed by atoms with E-state index in [4.69, 9.17) is 0 Å². The fraction of sp³-hybridized carbons (Fsp3) is 0.303. The minimum atomic E-state index is -0.221. The standard InChI is InChI=1S/C33H33FN6OS/c34-25-7-4-6-23(18-25)20-39-16-11-24-19-26(9-10-28(24)39)37-32-31-27-12-17-40(21-29(27)42-33(31)36-22-35-32)30(41)8-5-15-38-13-2-1-3-14-38/h4-11,16,18-19,22H,1-3,12-15,17,20-21H2,(H,35,36,37). The molecule has 214 valence electrons. The summed E-state index contributed by atoms with van der Waals surface area (Å²) in [6.07, 6.45) is 12.0. The number of nitrogens with zero attached hydrogens (tertiary/aromatic N) is 5. The first-order valence-corrected chi connectivity index (χ1v) is 15.5. The predicted octanol–water partition coefficient (Wildman–Crippen LogP) is 6.50. The third-order valence-corrected chi connectivity index (χ3v) is 9.42. The monoisotopic (exact) mass is 580 g/mol. The van der Waals surface area contributed by atoms with Crippen molar-refractivity contribution in [3.63, 3.8) is 0 Å². The number of likely N-dealkylation sites (tertiary alicyclic amines) is 1. The number of halogens is 1. The molecule has 5 heterocycles. The molecule has 1 fully saturated rings. The lowest BCUT2D eigenvalue weighted by Crippen LogP contribution is -2.34. The van der Waals surface area contributed by atoms with Crippen molar-refractivity contribution >= 4 is 49.9 Å². The zero-order valence-electron chi connectivity index (χ0n) is 23.4. The molecule has 0 atom stereocenters. The summed E-state index contributed by atoms with van der Waals surface area (Å²) < 4.78 is 15.8. The molecule has 0 spiro atoms. The second-order valence-corrected chi connectivity index (χ2v) is 12.2. The number of fused-ring (bicyclic) bond motifs is 4. The lowest BCUT2D eigenvalue weighted by molar-refractivity contribution is -0.126. The van der Waals surface area contributed by atoms with Gasteiger partial charge < -0.3 is 14.8 Å². The molecule has 42 heavy (non-hydrogen) atoms. The zero-order chi connectivity index (χ0) is 28.5. The van der Waals surface area contributed by atoms with Crippen LogP contribution in [0, 0.1) is 5.82 Å². The molecular formula is C33H33FN6OS. The number of carbonyl (C=O) groups excluding carboxylic acids is 1. The van der Waals surface area contributed by atoms with Crippen molar-refractivity contribution < 1.29 is 9.18 Å². The fourth-order valence-corrected chi connectivity index (χ4v) is 7.35. The molecule has 2 aromatic carbocycles. The SMILES string of the molecule is O=C(C=CCN1CCCCC1)N1CCc2c(sc3ncnc(Nc4ccc5c(ccn5Cc5cccc(F)c5)c4)c23)C1. The average molecular weight is 581 g/mol. The third-order valence-electron chi connectivity index (χ3n) is 8.30. The Morgan fingerprint density at radius 2 is 1.95 bits per heavy atom. The van der Waals surface area contributed by atoms with Crippen LogP contribution in [0.3, 0.4) is 0 Å². The molecule has 1 N–H and O–H groups in total. The van der Waals surface area contributed by atoms with Gasteiger partial charge in [-0.3, -0.25) is 9.69 Å². The molecule has 0 bridgehead atoms. The second-order valence-electron chi connectivity index (χ2n) is 11.2. The Balaban J connectivity index is 1.07. The number of thiophene rings is 1. The number of piperidine rings is 1. The first-order valence-electron chi connectivity index (χ1n) is 14.6. The molecule has 0 radical (unpaired) electrons. The molecule has 3 aromatic heterocycles. The number of hydrogen-bond donors (Lipinski definition) is 1. The van der Waals surface area contributed by atoms with Crippen LogP contribution in [-0.4, -0.2) is 56.4 Å². The molecule has 0 aliphatic carbocycles. The number of aromatic nitrogens is 3. The summed E-state index contributed by atoms with van der Waals surface area (Å²) in [4.78, 5) is 28.6. The van der Waals surface area contributed by atoms with E-state index in [1.165, 1.54) is 35.8 Å². The molecule has 2 aliphatic heterocycles. The van der Waals surface area contributed by atoms with E-state index in [1.54, 1.807) is 35.9 Å². The normalized spacial score (nSPS) is 16.0. The molecular weight excluding hydrogens is 547 g/mol. The molecule has 7 rings (SSSR count). The Bertz CT molecular complexity index is 1790. The van der Waals surface area contributed by atoms with Crippen molar-refractivity contribution in [3.05, 3.63) is 95.0 Å². The highest BCUT2D eigenvalue weighted by atomic mass is 32.1. The molecule has 1 amide bonds. The third kappa shape index (κ3) is 5.54. The number of anilines is 2. The van der Waals surface area contributed by atoms with E-state index in [-0.39, 0.29) is 11.7 Å². The van der Waals surface area contributed by atoms with Gasteiger partial charge in [-0.2, -0.15) is 0 Å². The fourth-order valence-electron chi connectivity index (χ4n) is 6.15. The zero-order valence-corrected chi connectivity index (χ0v) is 24.2. The molecule has 7 nitrogen and oxygen atoms in total. The second kappa shape index (κ2) is 11.7. The summed E-state index contributed by atoms with van der Waals surface area (Å²) >= 11 is 1.65. The summed E-state index contributed by atoms with van der Waals surface area (Å²) in [5, 5.41) is 5.68. The van der Waals surface area contributed by atoms with Crippen LogP contribution in [0.1, 0.15) is 35.3 Å². The van der Waals surface area contributed by atoms with E-state index in [9.17, 15) is 9.18 Å². The van der Waals surface area contributed by atoms with Crippen LogP contribution in [0.4, 0.5) is 15.9 Å². The van der Waals surface area contributed by atoms with Crippen molar-refractivity contribution in [1.82, 2.24) is 24.3 Å². The Hall–Kier alpha value is -4.08. The highest BCUT2D eigenvalue weighted by molar-refractivity contribution is 7.19. The van der Waals surface area contributed by atoms with Crippen molar-refractivity contribution in [2.24, 2.45) is 0 Å². The lowest BCUT2D eigenvalue weighted by atomic mass is 10.0. The predicted molar refractivity (Wildman–Crippen MR) is 167 cm³/mol. The molecule has 2 aliphatic rings. The van der Waals surface area contributed by atoms with Crippen LogP contribution >= 0.6 is 11.3 Å². The molecule has 1 saturated heterocycles. The maximum absolute atomic E-state index is 13.7. The minimum absolute atomic E-state index is 0.0807. The van der Waals surface area contributed by atoms with Crippen LogP contribution < -0.4 is 5.32 Å². The van der Waals surface area contributed by atoms with Gasteiger partial charge in [-0.05, 0) is 79.9 Å². The van der Waals surface area contributed by atoms with Crippen LogP contribution in [0.15, 0.2) is 73.2 Å². The Morgan fingerprint density at radius 1 is 1.05 bits per heavy atom. The van der Waals surface area contributed by atoms with E-state index in [0.29, 0.717) is 19.6 Å². The minimum Gasteiger partial charge on any atom is -0.343 e. The summed E-state index contributed by atoms with van der Waals surface area (Å²) in [5.41, 5.74) is 4.19. The van der Waals surface area contributed by atoms with E-state index in [0.717, 1.165) is 64.2 Å². The number of amides is 1. The molecule has 0 saturated carbocycles. The average Bonchev–Trinajstić information content (AvgIpc) is 3.58. The van der Waals surface area contributed by atoms with Crippen LogP contribution in [0.25, 0.3) is 21.1 Å². The largest absolute Gasteiger partial charge is 0.343 e. The summed E-state index contributed by atoms with van der Waals surface area (Å²) in [6, 6.07) is 15.0. The van der Waals surface area contributed by atoms with E-state index >= 15 is 0 Å². The van der Waals surface area contributed by atoms with Crippen LogP contribution in [0.5, 0.6) is 0 Å². The van der Waals surface area contributed by atoms with E-state index < -0.39 is 0 Å². The first kappa shape index (κ1) is 26.8. The highest BCUT2D eigenvalue weighted by Crippen LogP contribution is 2.38. The summed E-state index contributed by atoms with van der Waals surface area (Å²) in [7, 11) is 0. The maximum Gasteiger partial charge on any atom is 0.246 e. The Morgan fingerprint density at radius 3 is 2.83 bits per heavy atom. The van der Waals surface area contributed by atoms with Gasteiger partial charge >= 0.3 is 0 Å². The highest BCUT2D eigenvalue weighted by Gasteiger charge is 2.25. The van der Waals surface area contributed by atoms with E-state index in [1.807, 2.05) is 29.3 Å².